The van der Waals surface area contributed by atoms with E-state index < -0.39 is 0 Å². The number of aliphatic hydroxyl groups excluding tert-OH is 1. The molecule has 3 rings (SSSR count). The molecule has 2 saturated heterocycles. The van der Waals surface area contributed by atoms with Crippen molar-refractivity contribution < 1.29 is 5.11 Å². The van der Waals surface area contributed by atoms with Crippen molar-refractivity contribution in [2.75, 3.05) is 0 Å². The Labute approximate surface area is 96.9 Å². The van der Waals surface area contributed by atoms with Crippen LogP contribution in [-0.2, 0) is 6.54 Å². The molecule has 2 aliphatic rings. The molecular weight excluding hydrogens is 198 g/mol. The highest BCUT2D eigenvalue weighted by atomic mass is 16.3. The summed E-state index contributed by atoms with van der Waals surface area (Å²) >= 11 is 0. The Morgan fingerprint density at radius 2 is 1.81 bits per heavy atom. The Hall–Kier alpha value is -0.860. The Morgan fingerprint density at radius 1 is 1.06 bits per heavy atom. The summed E-state index contributed by atoms with van der Waals surface area (Å²) in [6.45, 7) is 1.01. The first-order valence-corrected chi connectivity index (χ1v) is 6.32. The third-order valence-electron chi connectivity index (χ3n) is 4.14. The van der Waals surface area contributed by atoms with Gasteiger partial charge in [0.15, 0.2) is 0 Å². The average Bonchev–Trinajstić information content (AvgIpc) is 2.60. The van der Waals surface area contributed by atoms with Gasteiger partial charge in [0.1, 0.15) is 0 Å². The van der Waals surface area contributed by atoms with E-state index in [1.807, 2.05) is 0 Å². The molecule has 2 fully saturated rings. The summed E-state index contributed by atoms with van der Waals surface area (Å²) in [5, 5.41) is 10.0. The molecule has 2 nitrogen and oxygen atoms in total. The minimum atomic E-state index is -0.0949. The Bertz CT molecular complexity index is 351. The van der Waals surface area contributed by atoms with Gasteiger partial charge in [-0.2, -0.15) is 0 Å². The first-order valence-electron chi connectivity index (χ1n) is 6.32. The molecule has 0 aromatic heterocycles. The molecule has 86 valence electrons. The lowest BCUT2D eigenvalue weighted by Crippen LogP contribution is -2.46. The summed E-state index contributed by atoms with van der Waals surface area (Å²) in [5.74, 6) is 0. The molecule has 0 aliphatic carbocycles. The standard InChI is InChI=1S/C14H19NO/c16-14-9-7-12-6-8-13(14)15(12)10-11-4-2-1-3-5-11/h1-5,12-14,16H,6-10H2/t12-,13+,14-/m0/s1. The van der Waals surface area contributed by atoms with Gasteiger partial charge in [0.05, 0.1) is 6.10 Å². The maximum atomic E-state index is 10.0. The van der Waals surface area contributed by atoms with Crippen LogP contribution in [-0.4, -0.2) is 28.2 Å². The molecule has 2 heterocycles. The lowest BCUT2D eigenvalue weighted by molar-refractivity contribution is 0.00959. The van der Waals surface area contributed by atoms with Crippen molar-refractivity contribution in [1.29, 1.82) is 0 Å². The summed E-state index contributed by atoms with van der Waals surface area (Å²) in [5.41, 5.74) is 1.37. The summed E-state index contributed by atoms with van der Waals surface area (Å²) in [4.78, 5) is 2.52. The fraction of sp³-hybridized carbons (Fsp3) is 0.571. The summed E-state index contributed by atoms with van der Waals surface area (Å²) in [7, 11) is 0. The number of rotatable bonds is 2. The Kier molecular flexibility index (Phi) is 2.70. The van der Waals surface area contributed by atoms with Crippen LogP contribution < -0.4 is 0 Å². The first kappa shape index (κ1) is 10.3. The van der Waals surface area contributed by atoms with Crippen molar-refractivity contribution in [3.05, 3.63) is 35.9 Å². The average molecular weight is 217 g/mol. The summed E-state index contributed by atoms with van der Waals surface area (Å²) in [6.07, 6.45) is 4.53. The number of aliphatic hydroxyl groups is 1. The number of benzene rings is 1. The van der Waals surface area contributed by atoms with Crippen molar-refractivity contribution in [3.8, 4) is 0 Å². The SMILES string of the molecule is O[C@H]1CC[C@@H]2CC[C@H]1N2Cc1ccccc1. The molecule has 2 heteroatoms. The van der Waals surface area contributed by atoms with E-state index in [9.17, 15) is 5.11 Å². The first-order chi connectivity index (χ1) is 7.84. The van der Waals surface area contributed by atoms with Crippen LogP contribution in [0.25, 0.3) is 0 Å². The molecule has 0 unspecified atom stereocenters. The second-order valence-electron chi connectivity index (χ2n) is 5.10. The second kappa shape index (κ2) is 4.19. The zero-order valence-electron chi connectivity index (χ0n) is 9.55. The van der Waals surface area contributed by atoms with E-state index in [2.05, 4.69) is 35.2 Å². The minimum absolute atomic E-state index is 0.0949. The van der Waals surface area contributed by atoms with Crippen LogP contribution >= 0.6 is 0 Å². The Balaban J connectivity index is 1.76. The quantitative estimate of drug-likeness (QED) is 0.820. The van der Waals surface area contributed by atoms with E-state index in [1.54, 1.807) is 0 Å². The van der Waals surface area contributed by atoms with Gasteiger partial charge >= 0.3 is 0 Å². The maximum Gasteiger partial charge on any atom is 0.0696 e. The molecule has 1 N–H and O–H groups in total. The zero-order chi connectivity index (χ0) is 11.0. The topological polar surface area (TPSA) is 23.5 Å². The number of hydrogen-bond acceptors (Lipinski definition) is 2. The normalized spacial score (nSPS) is 34.2. The minimum Gasteiger partial charge on any atom is -0.391 e. The van der Waals surface area contributed by atoms with Gasteiger partial charge in [-0.05, 0) is 31.2 Å². The van der Waals surface area contributed by atoms with Gasteiger partial charge < -0.3 is 5.11 Å². The van der Waals surface area contributed by atoms with Gasteiger partial charge in [0.25, 0.3) is 0 Å². The highest BCUT2D eigenvalue weighted by Crippen LogP contribution is 2.36. The van der Waals surface area contributed by atoms with Crippen LogP contribution in [0.5, 0.6) is 0 Å². The zero-order valence-corrected chi connectivity index (χ0v) is 9.55. The summed E-state index contributed by atoms with van der Waals surface area (Å²) < 4.78 is 0. The van der Waals surface area contributed by atoms with Crippen molar-refractivity contribution in [1.82, 2.24) is 4.90 Å². The van der Waals surface area contributed by atoms with E-state index in [4.69, 9.17) is 0 Å². The highest BCUT2D eigenvalue weighted by molar-refractivity contribution is 5.15. The molecule has 2 bridgehead atoms. The van der Waals surface area contributed by atoms with E-state index in [0.717, 1.165) is 13.0 Å². The lowest BCUT2D eigenvalue weighted by Gasteiger charge is -2.37. The van der Waals surface area contributed by atoms with Crippen LogP contribution in [0.15, 0.2) is 30.3 Å². The van der Waals surface area contributed by atoms with Crippen LogP contribution in [0.1, 0.15) is 31.2 Å². The monoisotopic (exact) mass is 217 g/mol. The van der Waals surface area contributed by atoms with Gasteiger partial charge in [-0.25, -0.2) is 0 Å². The molecule has 0 spiro atoms. The molecule has 1 aromatic carbocycles. The van der Waals surface area contributed by atoms with Crippen molar-refractivity contribution in [2.45, 2.75) is 50.4 Å². The third-order valence-corrected chi connectivity index (χ3v) is 4.14. The molecule has 0 radical (unpaired) electrons. The molecule has 1 aromatic rings. The molecule has 16 heavy (non-hydrogen) atoms. The maximum absolute atomic E-state index is 10.0. The van der Waals surface area contributed by atoms with E-state index in [1.165, 1.54) is 24.8 Å². The van der Waals surface area contributed by atoms with Crippen LogP contribution in [0.2, 0.25) is 0 Å². The number of hydrogen-bond donors (Lipinski definition) is 1. The molecule has 0 amide bonds. The largest absolute Gasteiger partial charge is 0.391 e. The van der Waals surface area contributed by atoms with Gasteiger partial charge in [-0.15, -0.1) is 0 Å². The molecule has 3 atom stereocenters. The van der Waals surface area contributed by atoms with Gasteiger partial charge in [0, 0.05) is 18.6 Å². The van der Waals surface area contributed by atoms with Crippen LogP contribution in [0, 0.1) is 0 Å². The number of nitrogens with zero attached hydrogens (tertiary/aromatic N) is 1. The smallest absolute Gasteiger partial charge is 0.0696 e. The van der Waals surface area contributed by atoms with Crippen molar-refractivity contribution >= 4 is 0 Å². The predicted octanol–water partition coefficient (Wildman–Crippen LogP) is 2.17. The second-order valence-corrected chi connectivity index (χ2v) is 5.10. The molecular formula is C14H19NO. The molecule has 2 aliphatic heterocycles. The predicted molar refractivity (Wildman–Crippen MR) is 64.0 cm³/mol. The van der Waals surface area contributed by atoms with E-state index in [0.29, 0.717) is 12.1 Å². The lowest BCUT2D eigenvalue weighted by atomic mass is 9.99. The fourth-order valence-electron chi connectivity index (χ4n) is 3.29. The van der Waals surface area contributed by atoms with E-state index in [-0.39, 0.29) is 6.10 Å². The van der Waals surface area contributed by atoms with Crippen molar-refractivity contribution in [2.24, 2.45) is 0 Å². The van der Waals surface area contributed by atoms with Gasteiger partial charge in [-0.3, -0.25) is 4.90 Å². The van der Waals surface area contributed by atoms with Crippen LogP contribution in [0.4, 0.5) is 0 Å². The van der Waals surface area contributed by atoms with Gasteiger partial charge in [0.2, 0.25) is 0 Å². The number of fused-ring (bicyclic) bond motifs is 2. The van der Waals surface area contributed by atoms with E-state index >= 15 is 0 Å². The summed E-state index contributed by atoms with van der Waals surface area (Å²) in [6, 6.07) is 11.7. The number of piperidine rings is 1. The Morgan fingerprint density at radius 3 is 2.62 bits per heavy atom. The highest BCUT2D eigenvalue weighted by Gasteiger charge is 2.41. The molecule has 0 saturated carbocycles. The van der Waals surface area contributed by atoms with Crippen LogP contribution in [0.3, 0.4) is 0 Å². The van der Waals surface area contributed by atoms with Crippen molar-refractivity contribution in [3.63, 3.8) is 0 Å². The van der Waals surface area contributed by atoms with Gasteiger partial charge in [-0.1, -0.05) is 30.3 Å². The fourth-order valence-corrected chi connectivity index (χ4v) is 3.29. The third kappa shape index (κ3) is 1.76.